The third-order valence-electron chi connectivity index (χ3n) is 4.36. The minimum atomic E-state index is 0.361. The summed E-state index contributed by atoms with van der Waals surface area (Å²) in [5, 5.41) is 12.2. The Morgan fingerprint density at radius 1 is 0.947 bits per heavy atom. The van der Waals surface area contributed by atoms with Gasteiger partial charge in [-0.15, -0.1) is 0 Å². The van der Waals surface area contributed by atoms with Crippen LogP contribution in [0, 0.1) is 0 Å². The number of hydrogen-bond acceptors (Lipinski definition) is 1. The fraction of sp³-hybridized carbons (Fsp3) is 0.222. The molecular formula is C18H16O. The lowest BCUT2D eigenvalue weighted by atomic mass is 9.79. The van der Waals surface area contributed by atoms with Crippen LogP contribution in [0.1, 0.15) is 30.4 Å². The molecule has 4 rings (SSSR count). The van der Waals surface area contributed by atoms with Crippen molar-refractivity contribution < 1.29 is 5.11 Å². The van der Waals surface area contributed by atoms with E-state index in [0.29, 0.717) is 5.75 Å². The number of aromatic hydroxyl groups is 1. The molecule has 0 aliphatic heterocycles. The first-order chi connectivity index (χ1) is 9.33. The summed E-state index contributed by atoms with van der Waals surface area (Å²) in [4.78, 5) is 0. The van der Waals surface area contributed by atoms with Gasteiger partial charge in [-0.3, -0.25) is 0 Å². The van der Waals surface area contributed by atoms with Crippen LogP contribution in [-0.4, -0.2) is 5.11 Å². The van der Waals surface area contributed by atoms with Crippen LogP contribution in [0.5, 0.6) is 5.75 Å². The highest BCUT2D eigenvalue weighted by atomic mass is 16.3. The molecule has 1 N–H and O–H groups in total. The maximum absolute atomic E-state index is 9.74. The Balaban J connectivity index is 2.02. The van der Waals surface area contributed by atoms with Crippen molar-refractivity contribution in [1.82, 2.24) is 0 Å². The third-order valence-corrected chi connectivity index (χ3v) is 4.36. The van der Waals surface area contributed by atoms with Crippen LogP contribution in [0.25, 0.3) is 16.3 Å². The highest BCUT2D eigenvalue weighted by molar-refractivity contribution is 5.94. The molecule has 0 saturated carbocycles. The van der Waals surface area contributed by atoms with Gasteiger partial charge in [-0.2, -0.15) is 0 Å². The van der Waals surface area contributed by atoms with Crippen LogP contribution >= 0.6 is 0 Å². The van der Waals surface area contributed by atoms with E-state index < -0.39 is 0 Å². The van der Waals surface area contributed by atoms with Gasteiger partial charge in [-0.05, 0) is 65.3 Å². The molecule has 0 heterocycles. The lowest BCUT2D eigenvalue weighted by molar-refractivity contribution is 0.476. The number of hydrogen-bond donors (Lipinski definition) is 1. The molecule has 2 aliphatic rings. The molecule has 0 bridgehead atoms. The first-order valence-corrected chi connectivity index (χ1v) is 6.96. The van der Waals surface area contributed by atoms with Crippen molar-refractivity contribution in [2.45, 2.75) is 25.7 Å². The second-order valence-electron chi connectivity index (χ2n) is 5.46. The van der Waals surface area contributed by atoms with Gasteiger partial charge in [-0.25, -0.2) is 0 Å². The summed E-state index contributed by atoms with van der Waals surface area (Å²) in [6.07, 6.45) is 9.22. The third kappa shape index (κ3) is 1.61. The minimum Gasteiger partial charge on any atom is -0.508 e. The Hall–Kier alpha value is -2.02. The summed E-state index contributed by atoms with van der Waals surface area (Å²) in [6.45, 7) is 0. The predicted molar refractivity (Wildman–Crippen MR) is 79.2 cm³/mol. The van der Waals surface area contributed by atoms with E-state index >= 15 is 0 Å². The zero-order chi connectivity index (χ0) is 12.8. The number of aryl methyl sites for hydroxylation is 1. The molecule has 0 fully saturated rings. The molecule has 0 atom stereocenters. The summed E-state index contributed by atoms with van der Waals surface area (Å²) in [7, 11) is 0. The Bertz CT molecular complexity index is 735. The van der Waals surface area contributed by atoms with Crippen molar-refractivity contribution >= 4 is 16.3 Å². The van der Waals surface area contributed by atoms with E-state index in [0.717, 1.165) is 6.42 Å². The van der Waals surface area contributed by atoms with Gasteiger partial charge in [0.25, 0.3) is 0 Å². The van der Waals surface area contributed by atoms with E-state index in [1.165, 1.54) is 46.7 Å². The highest BCUT2D eigenvalue weighted by Gasteiger charge is 2.20. The van der Waals surface area contributed by atoms with E-state index in [1.807, 2.05) is 12.1 Å². The molecule has 0 radical (unpaired) electrons. The number of fused-ring (bicyclic) bond motifs is 4. The van der Waals surface area contributed by atoms with Gasteiger partial charge in [-0.1, -0.05) is 35.9 Å². The molecule has 94 valence electrons. The predicted octanol–water partition coefficient (Wildman–Crippen LogP) is 4.60. The molecular weight excluding hydrogens is 232 g/mol. The maximum Gasteiger partial charge on any atom is 0.116 e. The van der Waals surface area contributed by atoms with E-state index in [9.17, 15) is 5.11 Å². The summed E-state index contributed by atoms with van der Waals surface area (Å²) < 4.78 is 0. The summed E-state index contributed by atoms with van der Waals surface area (Å²) >= 11 is 0. The van der Waals surface area contributed by atoms with Gasteiger partial charge in [0.1, 0.15) is 5.75 Å². The second kappa shape index (κ2) is 3.99. The lowest BCUT2D eigenvalue weighted by Crippen LogP contribution is -2.06. The Morgan fingerprint density at radius 2 is 1.84 bits per heavy atom. The van der Waals surface area contributed by atoms with Crippen LogP contribution in [0.3, 0.4) is 0 Å². The number of benzene rings is 2. The minimum absolute atomic E-state index is 0.361. The van der Waals surface area contributed by atoms with Crippen LogP contribution in [0.2, 0.25) is 0 Å². The second-order valence-corrected chi connectivity index (χ2v) is 5.46. The molecule has 1 heteroatoms. The zero-order valence-electron chi connectivity index (χ0n) is 10.8. The molecule has 2 aliphatic carbocycles. The van der Waals surface area contributed by atoms with E-state index in [2.05, 4.69) is 24.3 Å². The molecule has 1 nitrogen and oxygen atoms in total. The van der Waals surface area contributed by atoms with Crippen molar-refractivity contribution in [2.75, 3.05) is 0 Å². The van der Waals surface area contributed by atoms with Crippen molar-refractivity contribution in [2.24, 2.45) is 0 Å². The van der Waals surface area contributed by atoms with Gasteiger partial charge in [0.2, 0.25) is 0 Å². The van der Waals surface area contributed by atoms with Crippen molar-refractivity contribution in [1.29, 1.82) is 0 Å². The normalized spacial score (nSPS) is 17.5. The average molecular weight is 248 g/mol. The number of phenolic OH excluding ortho intramolecular Hbond substituents is 1. The monoisotopic (exact) mass is 248 g/mol. The smallest absolute Gasteiger partial charge is 0.116 e. The quantitative estimate of drug-likeness (QED) is 0.722. The van der Waals surface area contributed by atoms with Crippen molar-refractivity contribution in [3.8, 4) is 5.75 Å². The summed E-state index contributed by atoms with van der Waals surface area (Å²) in [5.41, 5.74) is 5.81. The van der Waals surface area contributed by atoms with E-state index in [1.54, 1.807) is 11.6 Å². The zero-order valence-corrected chi connectivity index (χ0v) is 10.8. The first-order valence-electron chi connectivity index (χ1n) is 6.96. The molecule has 0 unspecified atom stereocenters. The molecule has 0 aromatic heterocycles. The molecule has 0 saturated heterocycles. The van der Waals surface area contributed by atoms with Crippen LogP contribution in [-0.2, 0) is 6.42 Å². The van der Waals surface area contributed by atoms with Crippen molar-refractivity contribution in [3.05, 3.63) is 59.2 Å². The van der Waals surface area contributed by atoms with Crippen LogP contribution < -0.4 is 0 Å². The molecule has 19 heavy (non-hydrogen) atoms. The Labute approximate surface area is 112 Å². The Morgan fingerprint density at radius 3 is 2.79 bits per heavy atom. The molecule has 2 aromatic rings. The molecule has 2 aromatic carbocycles. The van der Waals surface area contributed by atoms with Gasteiger partial charge >= 0.3 is 0 Å². The number of phenols is 1. The van der Waals surface area contributed by atoms with Gasteiger partial charge in [0.15, 0.2) is 0 Å². The number of allylic oxidation sites excluding steroid dienone is 4. The lowest BCUT2D eigenvalue weighted by Gasteiger charge is -2.25. The summed E-state index contributed by atoms with van der Waals surface area (Å²) in [5.74, 6) is 0.361. The molecule has 0 spiro atoms. The first kappa shape index (κ1) is 10.9. The van der Waals surface area contributed by atoms with Crippen molar-refractivity contribution in [3.63, 3.8) is 0 Å². The van der Waals surface area contributed by atoms with Gasteiger partial charge in [0, 0.05) is 0 Å². The fourth-order valence-corrected chi connectivity index (χ4v) is 3.42. The van der Waals surface area contributed by atoms with Crippen LogP contribution in [0.15, 0.2) is 48.1 Å². The van der Waals surface area contributed by atoms with Crippen LogP contribution in [0.4, 0.5) is 0 Å². The average Bonchev–Trinajstić information content (AvgIpc) is 2.46. The maximum atomic E-state index is 9.74. The molecule has 0 amide bonds. The van der Waals surface area contributed by atoms with Gasteiger partial charge in [0.05, 0.1) is 0 Å². The summed E-state index contributed by atoms with van der Waals surface area (Å²) in [6, 6.07) is 10.1. The van der Waals surface area contributed by atoms with Gasteiger partial charge < -0.3 is 5.11 Å². The topological polar surface area (TPSA) is 20.2 Å². The highest BCUT2D eigenvalue weighted by Crippen LogP contribution is 2.40. The standard InChI is InChI=1S/C18H16O/c19-14-8-5-13-7-9-16-15-4-2-1-3-12(15)6-10-17(16)18(13)11-14/h2,4-5,7-9,11,19H,1,3,6,10H2. The number of rotatable bonds is 0. The van der Waals surface area contributed by atoms with E-state index in [-0.39, 0.29) is 0 Å². The fourth-order valence-electron chi connectivity index (χ4n) is 3.42. The Kier molecular flexibility index (Phi) is 2.28. The largest absolute Gasteiger partial charge is 0.508 e. The SMILES string of the molecule is Oc1ccc2ccc3c(c2c1)CCC1=C3C=CCC1. The van der Waals surface area contributed by atoms with E-state index in [4.69, 9.17) is 0 Å².